The van der Waals surface area contributed by atoms with E-state index in [0.717, 1.165) is 12.8 Å². The number of carbonyl (C=O) groups is 1. The summed E-state index contributed by atoms with van der Waals surface area (Å²) < 4.78 is 27.0. The molecule has 2 N–H and O–H groups in total. The molecule has 25 heavy (non-hydrogen) atoms. The van der Waals surface area contributed by atoms with Crippen LogP contribution in [0, 0.1) is 0 Å². The summed E-state index contributed by atoms with van der Waals surface area (Å²) in [5.41, 5.74) is 0.588. The lowest BCUT2D eigenvalue weighted by Gasteiger charge is -2.08. The molecule has 1 amide bonds. The first-order chi connectivity index (χ1) is 12.0. The van der Waals surface area contributed by atoms with Crippen LogP contribution in [0.15, 0.2) is 29.2 Å². The third-order valence-corrected chi connectivity index (χ3v) is 5.53. The van der Waals surface area contributed by atoms with Crippen LogP contribution < -0.4 is 10.0 Å². The Kier molecular flexibility index (Phi) is 10.4. The molecule has 0 atom stereocenters. The van der Waals surface area contributed by atoms with Gasteiger partial charge in [0.25, 0.3) is 0 Å². The molecule has 0 saturated heterocycles. The number of carbonyl (C=O) groups excluding carboxylic acids is 1. The molecule has 0 bridgehead atoms. The summed E-state index contributed by atoms with van der Waals surface area (Å²) >= 11 is 0. The average molecular weight is 369 g/mol. The van der Waals surface area contributed by atoms with Crippen molar-refractivity contribution in [1.29, 1.82) is 0 Å². The van der Waals surface area contributed by atoms with Crippen LogP contribution in [0.25, 0.3) is 0 Å². The molecule has 0 radical (unpaired) electrons. The average Bonchev–Trinajstić information content (AvgIpc) is 2.56. The van der Waals surface area contributed by atoms with Gasteiger partial charge in [-0.3, -0.25) is 4.79 Å². The first-order valence-corrected chi connectivity index (χ1v) is 10.8. The minimum Gasteiger partial charge on any atom is -0.326 e. The lowest BCUT2D eigenvalue weighted by atomic mass is 10.1. The zero-order chi connectivity index (χ0) is 18.5. The predicted octanol–water partition coefficient (Wildman–Crippen LogP) is 4.45. The highest BCUT2D eigenvalue weighted by Crippen LogP contribution is 2.14. The Morgan fingerprint density at radius 3 is 1.92 bits per heavy atom. The van der Waals surface area contributed by atoms with Crippen LogP contribution in [-0.4, -0.2) is 20.9 Å². The molecular weight excluding hydrogens is 336 g/mol. The van der Waals surface area contributed by atoms with Gasteiger partial charge in [0.2, 0.25) is 15.9 Å². The molecule has 0 saturated carbocycles. The summed E-state index contributed by atoms with van der Waals surface area (Å²) in [6.45, 7) is 4.10. The maximum absolute atomic E-state index is 12.2. The summed E-state index contributed by atoms with van der Waals surface area (Å²) in [6, 6.07) is 6.19. The molecule has 0 fully saturated rings. The van der Waals surface area contributed by atoms with E-state index in [-0.39, 0.29) is 10.8 Å². The van der Waals surface area contributed by atoms with Gasteiger partial charge in [-0.25, -0.2) is 13.1 Å². The number of hydrogen-bond acceptors (Lipinski definition) is 3. The third-order valence-electron chi connectivity index (χ3n) is 4.06. The fourth-order valence-electron chi connectivity index (χ4n) is 2.65. The molecule has 5 nitrogen and oxygen atoms in total. The van der Waals surface area contributed by atoms with Crippen molar-refractivity contribution in [3.63, 3.8) is 0 Å². The Morgan fingerprint density at radius 2 is 1.40 bits per heavy atom. The number of unbranched alkanes of at least 4 members (excludes halogenated alkanes) is 8. The third kappa shape index (κ3) is 9.60. The van der Waals surface area contributed by atoms with Gasteiger partial charge in [-0.15, -0.1) is 0 Å². The molecule has 0 aliphatic carbocycles. The van der Waals surface area contributed by atoms with Crippen LogP contribution in [-0.2, 0) is 14.8 Å². The molecule has 0 spiro atoms. The Bertz CT molecular complexity index is 598. The van der Waals surface area contributed by atoms with Crippen LogP contribution in [0.5, 0.6) is 0 Å². The molecule has 0 aliphatic rings. The zero-order valence-corrected chi connectivity index (χ0v) is 16.3. The van der Waals surface area contributed by atoms with Gasteiger partial charge in [0.15, 0.2) is 0 Å². The molecule has 0 heterocycles. The van der Waals surface area contributed by atoms with E-state index in [1.165, 1.54) is 64.0 Å². The Morgan fingerprint density at radius 1 is 0.880 bits per heavy atom. The normalized spacial score (nSPS) is 11.4. The van der Waals surface area contributed by atoms with Crippen molar-refractivity contribution >= 4 is 21.6 Å². The molecule has 142 valence electrons. The molecule has 1 aromatic rings. The number of amides is 1. The quantitative estimate of drug-likeness (QED) is 0.505. The molecule has 0 unspecified atom stereocenters. The Labute approximate surface area is 152 Å². The van der Waals surface area contributed by atoms with E-state index in [4.69, 9.17) is 0 Å². The largest absolute Gasteiger partial charge is 0.326 e. The first kappa shape index (κ1) is 21.6. The van der Waals surface area contributed by atoms with Crippen LogP contribution >= 0.6 is 0 Å². The fourth-order valence-corrected chi connectivity index (χ4v) is 3.72. The number of hydrogen-bond donors (Lipinski definition) is 2. The van der Waals surface area contributed by atoms with Gasteiger partial charge in [-0.2, -0.15) is 0 Å². The highest BCUT2D eigenvalue weighted by molar-refractivity contribution is 7.89. The number of sulfonamides is 1. The van der Waals surface area contributed by atoms with Crippen LogP contribution in [0.3, 0.4) is 0 Å². The lowest BCUT2D eigenvalue weighted by molar-refractivity contribution is -0.114. The maximum atomic E-state index is 12.2. The van der Waals surface area contributed by atoms with Crippen molar-refractivity contribution in [1.82, 2.24) is 4.72 Å². The van der Waals surface area contributed by atoms with Crippen molar-refractivity contribution in [2.75, 3.05) is 11.9 Å². The van der Waals surface area contributed by atoms with E-state index in [1.807, 2.05) is 0 Å². The predicted molar refractivity (Wildman–Crippen MR) is 103 cm³/mol. The topological polar surface area (TPSA) is 75.3 Å². The summed E-state index contributed by atoms with van der Waals surface area (Å²) in [6.07, 6.45) is 10.8. The molecular formula is C19H32N2O3S. The smallest absolute Gasteiger partial charge is 0.240 e. The second-order valence-corrected chi connectivity index (χ2v) is 8.20. The molecule has 6 heteroatoms. The van der Waals surface area contributed by atoms with E-state index in [1.54, 1.807) is 12.1 Å². The van der Waals surface area contributed by atoms with Gasteiger partial charge < -0.3 is 5.32 Å². The SMILES string of the molecule is CCCCCCCCCCCNS(=O)(=O)c1ccc(NC(C)=O)cc1. The van der Waals surface area contributed by atoms with Gasteiger partial charge in [0, 0.05) is 19.2 Å². The number of benzene rings is 1. The minimum atomic E-state index is -3.48. The Hall–Kier alpha value is -1.40. The van der Waals surface area contributed by atoms with Crippen molar-refractivity contribution in [3.8, 4) is 0 Å². The summed E-state index contributed by atoms with van der Waals surface area (Å²) in [5, 5.41) is 2.62. The molecule has 1 rings (SSSR count). The summed E-state index contributed by atoms with van der Waals surface area (Å²) in [7, 11) is -3.48. The Balaban J connectivity index is 2.21. The number of nitrogens with one attached hydrogen (secondary N) is 2. The lowest BCUT2D eigenvalue weighted by Crippen LogP contribution is -2.24. The molecule has 0 aliphatic heterocycles. The van der Waals surface area contributed by atoms with Crippen molar-refractivity contribution < 1.29 is 13.2 Å². The zero-order valence-electron chi connectivity index (χ0n) is 15.5. The van der Waals surface area contributed by atoms with Gasteiger partial charge in [0.05, 0.1) is 4.90 Å². The standard InChI is InChI=1S/C19H32N2O3S/c1-3-4-5-6-7-8-9-10-11-16-20-25(23,24)19-14-12-18(13-15-19)21-17(2)22/h12-15,20H,3-11,16H2,1-2H3,(H,21,22). The van der Waals surface area contributed by atoms with Crippen molar-refractivity contribution in [2.45, 2.75) is 76.5 Å². The fraction of sp³-hybridized carbons (Fsp3) is 0.632. The van der Waals surface area contributed by atoms with Gasteiger partial charge in [-0.1, -0.05) is 58.3 Å². The highest BCUT2D eigenvalue weighted by atomic mass is 32.2. The van der Waals surface area contributed by atoms with Gasteiger partial charge in [0.1, 0.15) is 0 Å². The van der Waals surface area contributed by atoms with Gasteiger partial charge in [-0.05, 0) is 30.7 Å². The summed E-state index contributed by atoms with van der Waals surface area (Å²) in [4.78, 5) is 11.2. The summed E-state index contributed by atoms with van der Waals surface area (Å²) in [5.74, 6) is -0.181. The van der Waals surface area contributed by atoms with E-state index in [2.05, 4.69) is 17.0 Å². The number of rotatable bonds is 13. The van der Waals surface area contributed by atoms with Gasteiger partial charge >= 0.3 is 0 Å². The second-order valence-electron chi connectivity index (χ2n) is 6.43. The van der Waals surface area contributed by atoms with Crippen LogP contribution in [0.1, 0.15) is 71.6 Å². The second kappa shape index (κ2) is 12.0. The number of anilines is 1. The van der Waals surface area contributed by atoms with E-state index in [9.17, 15) is 13.2 Å². The van der Waals surface area contributed by atoms with Crippen molar-refractivity contribution in [3.05, 3.63) is 24.3 Å². The molecule has 1 aromatic carbocycles. The first-order valence-electron chi connectivity index (χ1n) is 9.33. The van der Waals surface area contributed by atoms with Crippen molar-refractivity contribution in [2.24, 2.45) is 0 Å². The minimum absolute atomic E-state index is 0.181. The van der Waals surface area contributed by atoms with Crippen LogP contribution in [0.4, 0.5) is 5.69 Å². The van der Waals surface area contributed by atoms with E-state index < -0.39 is 10.0 Å². The maximum Gasteiger partial charge on any atom is 0.240 e. The highest BCUT2D eigenvalue weighted by Gasteiger charge is 2.12. The van der Waals surface area contributed by atoms with Crippen LogP contribution in [0.2, 0.25) is 0 Å². The van der Waals surface area contributed by atoms with E-state index >= 15 is 0 Å². The molecule has 0 aromatic heterocycles. The van der Waals surface area contributed by atoms with E-state index in [0.29, 0.717) is 12.2 Å². The monoisotopic (exact) mass is 368 g/mol.